The number of hydrogen-bond acceptors (Lipinski definition) is 3. The molecule has 1 rings (SSSR count). The van der Waals surface area contributed by atoms with Gasteiger partial charge >= 0.3 is 5.97 Å². The number of aromatic amines is 1. The van der Waals surface area contributed by atoms with E-state index in [2.05, 4.69) is 69.2 Å². The summed E-state index contributed by atoms with van der Waals surface area (Å²) in [6, 6.07) is 1.33. The molecule has 0 saturated carbocycles. The van der Waals surface area contributed by atoms with Crippen molar-refractivity contribution in [2.24, 2.45) is 0 Å². The molecule has 5 heteroatoms. The van der Waals surface area contributed by atoms with Crippen molar-refractivity contribution in [1.29, 1.82) is 0 Å². The van der Waals surface area contributed by atoms with E-state index in [1.807, 2.05) is 19.2 Å². The van der Waals surface area contributed by atoms with E-state index < -0.39 is 12.0 Å². The summed E-state index contributed by atoms with van der Waals surface area (Å²) in [7, 11) is 0. The number of hydrogen-bond donors (Lipinski definition) is 3. The summed E-state index contributed by atoms with van der Waals surface area (Å²) >= 11 is 1.65. The summed E-state index contributed by atoms with van der Waals surface area (Å²) < 4.78 is 0. The van der Waals surface area contributed by atoms with Crippen LogP contribution in [0, 0.1) is 6.92 Å². The molecule has 0 aliphatic heterocycles. The maximum Gasteiger partial charge on any atom is 0.327 e. The number of thioether (sulfide) groups is 1. The van der Waals surface area contributed by atoms with Crippen molar-refractivity contribution in [3.05, 3.63) is 64.4 Å². The number of carboxylic acids is 1. The molecule has 1 aromatic rings. The predicted octanol–water partition coefficient (Wildman–Crippen LogP) is 8.07. The van der Waals surface area contributed by atoms with E-state index in [0.29, 0.717) is 5.75 Å². The van der Waals surface area contributed by atoms with E-state index in [9.17, 15) is 9.90 Å². The lowest BCUT2D eigenvalue weighted by molar-refractivity contribution is -0.137. The third kappa shape index (κ3) is 13.9. The quantitative estimate of drug-likeness (QED) is 0.168. The van der Waals surface area contributed by atoms with Crippen LogP contribution in [0.4, 0.5) is 5.82 Å². The summed E-state index contributed by atoms with van der Waals surface area (Å²) in [5, 5.41) is 12.6. The number of carboxylic acid groups (broad SMARTS) is 1. The summed E-state index contributed by atoms with van der Waals surface area (Å²) in [6.45, 7) is 12.9. The van der Waals surface area contributed by atoms with Gasteiger partial charge in [-0.1, -0.05) is 46.6 Å². The van der Waals surface area contributed by atoms with Crippen LogP contribution in [0.1, 0.15) is 78.7 Å². The highest BCUT2D eigenvalue weighted by atomic mass is 32.2. The molecule has 1 heterocycles. The van der Waals surface area contributed by atoms with Crippen molar-refractivity contribution in [1.82, 2.24) is 4.98 Å². The fraction of sp³-hybridized carbons (Fsp3) is 0.536. The molecule has 0 bridgehead atoms. The second kappa shape index (κ2) is 16.5. The fourth-order valence-corrected chi connectivity index (χ4v) is 4.33. The molecule has 0 spiro atoms. The van der Waals surface area contributed by atoms with Crippen molar-refractivity contribution < 1.29 is 9.90 Å². The molecule has 4 nitrogen and oxygen atoms in total. The van der Waals surface area contributed by atoms with Crippen LogP contribution >= 0.6 is 11.8 Å². The summed E-state index contributed by atoms with van der Waals surface area (Å²) in [4.78, 5) is 14.6. The van der Waals surface area contributed by atoms with Gasteiger partial charge in [-0.25, -0.2) is 4.79 Å². The van der Waals surface area contributed by atoms with Gasteiger partial charge in [-0.2, -0.15) is 11.8 Å². The predicted molar refractivity (Wildman–Crippen MR) is 146 cm³/mol. The molecule has 0 aliphatic rings. The van der Waals surface area contributed by atoms with Crippen LogP contribution in [0.5, 0.6) is 0 Å². The molecule has 0 aromatic carbocycles. The molecule has 0 radical (unpaired) electrons. The van der Waals surface area contributed by atoms with Crippen LogP contribution in [-0.2, 0) is 4.79 Å². The number of rotatable bonds is 16. The molecule has 1 atom stereocenters. The lowest BCUT2D eigenvalue weighted by Gasteiger charge is -2.14. The smallest absolute Gasteiger partial charge is 0.327 e. The first-order valence-electron chi connectivity index (χ1n) is 12.0. The minimum Gasteiger partial charge on any atom is -0.480 e. The monoisotopic (exact) mass is 472 g/mol. The third-order valence-corrected chi connectivity index (χ3v) is 6.53. The van der Waals surface area contributed by atoms with Gasteiger partial charge in [0, 0.05) is 17.7 Å². The number of aliphatic carboxylic acids is 1. The van der Waals surface area contributed by atoms with Crippen molar-refractivity contribution in [2.75, 3.05) is 16.8 Å². The van der Waals surface area contributed by atoms with Gasteiger partial charge in [0.15, 0.2) is 0 Å². The van der Waals surface area contributed by atoms with E-state index in [-0.39, 0.29) is 0 Å². The molecular weight excluding hydrogens is 428 g/mol. The number of carbonyl (C=O) groups is 1. The minimum atomic E-state index is -0.823. The topological polar surface area (TPSA) is 65.1 Å². The fourth-order valence-electron chi connectivity index (χ4n) is 3.33. The lowest BCUT2D eigenvalue weighted by Crippen LogP contribution is -2.32. The Morgan fingerprint density at radius 3 is 2.00 bits per heavy atom. The number of H-pyrrole nitrogens is 1. The van der Waals surface area contributed by atoms with Gasteiger partial charge < -0.3 is 15.4 Å². The van der Waals surface area contributed by atoms with Gasteiger partial charge in [-0.15, -0.1) is 0 Å². The van der Waals surface area contributed by atoms with Gasteiger partial charge in [0.25, 0.3) is 0 Å². The summed E-state index contributed by atoms with van der Waals surface area (Å²) in [5.74, 6) is 1.32. The molecule has 1 unspecified atom stereocenters. The van der Waals surface area contributed by atoms with Crippen LogP contribution < -0.4 is 5.32 Å². The molecule has 33 heavy (non-hydrogen) atoms. The van der Waals surface area contributed by atoms with E-state index >= 15 is 0 Å². The zero-order valence-corrected chi connectivity index (χ0v) is 22.3. The maximum absolute atomic E-state index is 11.5. The summed E-state index contributed by atoms with van der Waals surface area (Å²) in [5.41, 5.74) is 6.73. The largest absolute Gasteiger partial charge is 0.480 e. The van der Waals surface area contributed by atoms with Crippen LogP contribution in [0.15, 0.2) is 58.9 Å². The number of aryl methyl sites for hydroxylation is 1. The molecular formula is C28H44N2O2S. The highest BCUT2D eigenvalue weighted by molar-refractivity contribution is 7.99. The van der Waals surface area contributed by atoms with Gasteiger partial charge in [0.1, 0.15) is 11.9 Å². The SMILES string of the molecule is CC(C)=CCC/C(C)=C/CC/C(C)=C/CC/C(C)=C/CSCC(Nc1[nH]ccc1C)C(=O)O. The first-order chi connectivity index (χ1) is 15.7. The first-order valence-corrected chi connectivity index (χ1v) is 13.2. The Morgan fingerprint density at radius 1 is 0.970 bits per heavy atom. The maximum atomic E-state index is 11.5. The molecule has 0 amide bonds. The molecule has 1 aromatic heterocycles. The Hall–Kier alpha value is -2.14. The van der Waals surface area contributed by atoms with Gasteiger partial charge in [0.2, 0.25) is 0 Å². The zero-order chi connectivity index (χ0) is 24.6. The molecule has 0 saturated heterocycles. The normalized spacial score (nSPS) is 13.7. The van der Waals surface area contributed by atoms with E-state index in [1.54, 1.807) is 11.8 Å². The zero-order valence-electron chi connectivity index (χ0n) is 21.5. The van der Waals surface area contributed by atoms with Crippen molar-refractivity contribution >= 4 is 23.5 Å². The van der Waals surface area contributed by atoms with Gasteiger partial charge in [-0.3, -0.25) is 0 Å². The molecule has 0 aliphatic carbocycles. The minimum absolute atomic E-state index is 0.526. The Morgan fingerprint density at radius 2 is 1.52 bits per heavy atom. The number of anilines is 1. The Balaban J connectivity index is 2.28. The standard InChI is InChI=1S/C28H44N2O2S/c1-21(2)10-7-11-22(3)12-8-13-23(4)14-9-15-24(5)17-19-33-20-26(28(31)32)30-27-25(6)16-18-29-27/h10,12,14,16-18,26,29-30H,7-9,11,13,15,19-20H2,1-6H3,(H,31,32)/b22-12+,23-14+,24-17+. The van der Waals surface area contributed by atoms with Crippen molar-refractivity contribution in [3.8, 4) is 0 Å². The summed E-state index contributed by atoms with van der Waals surface area (Å²) in [6.07, 6.45) is 17.8. The van der Waals surface area contributed by atoms with Crippen LogP contribution in [-0.4, -0.2) is 33.6 Å². The van der Waals surface area contributed by atoms with Crippen LogP contribution in [0.25, 0.3) is 0 Å². The average Bonchev–Trinajstić information content (AvgIpc) is 3.14. The molecule has 3 N–H and O–H groups in total. The Bertz CT molecular complexity index is 842. The number of aromatic nitrogens is 1. The molecule has 0 fully saturated rings. The number of nitrogens with one attached hydrogen (secondary N) is 2. The molecule has 184 valence electrons. The first kappa shape index (κ1) is 28.9. The van der Waals surface area contributed by atoms with Gasteiger partial charge in [0.05, 0.1) is 0 Å². The van der Waals surface area contributed by atoms with E-state index in [4.69, 9.17) is 0 Å². The average molecular weight is 473 g/mol. The highest BCUT2D eigenvalue weighted by Crippen LogP contribution is 2.16. The van der Waals surface area contributed by atoms with Gasteiger partial charge in [-0.05, 0) is 91.7 Å². The van der Waals surface area contributed by atoms with Crippen molar-refractivity contribution in [3.63, 3.8) is 0 Å². The van der Waals surface area contributed by atoms with E-state index in [0.717, 1.165) is 55.7 Å². The van der Waals surface area contributed by atoms with Crippen molar-refractivity contribution in [2.45, 2.75) is 86.1 Å². The second-order valence-electron chi connectivity index (χ2n) is 9.16. The Labute approximate surface area is 205 Å². The highest BCUT2D eigenvalue weighted by Gasteiger charge is 2.18. The third-order valence-electron chi connectivity index (χ3n) is 5.56. The Kier molecular flexibility index (Phi) is 14.4. The lowest BCUT2D eigenvalue weighted by atomic mass is 10.0. The van der Waals surface area contributed by atoms with E-state index in [1.165, 1.54) is 22.3 Å². The van der Waals surface area contributed by atoms with Crippen LogP contribution in [0.2, 0.25) is 0 Å². The number of allylic oxidation sites excluding steroid dienone is 7. The van der Waals surface area contributed by atoms with Crippen LogP contribution in [0.3, 0.4) is 0 Å². The second-order valence-corrected chi connectivity index (χ2v) is 10.2.